The number of halogens is 1. The number of rotatable bonds is 22. The van der Waals surface area contributed by atoms with Crippen molar-refractivity contribution in [1.29, 1.82) is 0 Å². The Morgan fingerprint density at radius 3 is 1.35 bits per heavy atom. The van der Waals surface area contributed by atoms with Gasteiger partial charge in [-0.3, -0.25) is 13.7 Å². The number of hydrogen-bond acceptors (Lipinski definition) is 32. The van der Waals surface area contributed by atoms with Gasteiger partial charge in [0.05, 0.1) is 44.4 Å². The van der Waals surface area contributed by atoms with Gasteiger partial charge in [0.15, 0.2) is 91.7 Å². The smallest absolute Gasteiger partial charge is 0.294 e. The molecule has 0 radical (unpaired) electrons. The molecule has 4 saturated carbocycles. The van der Waals surface area contributed by atoms with E-state index in [4.69, 9.17) is 75.3 Å². The first-order chi connectivity index (χ1) is 52.1. The number of aliphatic hydroxyl groups is 7. The van der Waals surface area contributed by atoms with Crippen LogP contribution in [0.25, 0.3) is 33.5 Å². The summed E-state index contributed by atoms with van der Waals surface area (Å²) in [4.78, 5) is 53.3. The summed E-state index contributed by atoms with van der Waals surface area (Å²) in [6.45, 7) is 22.2. The van der Waals surface area contributed by atoms with E-state index in [-0.39, 0.29) is 75.1 Å². The predicted octanol–water partition coefficient (Wildman–Crippen LogP) is 6.45. The third kappa shape index (κ3) is 20.5. The van der Waals surface area contributed by atoms with Gasteiger partial charge in [-0.1, -0.05) is 53.1 Å². The van der Waals surface area contributed by atoms with Crippen LogP contribution < -0.4 is 22.1 Å². The minimum absolute atomic E-state index is 0. The van der Waals surface area contributed by atoms with Gasteiger partial charge in [-0.2, -0.15) is 0 Å². The number of imidazole rings is 3. The highest BCUT2D eigenvalue weighted by atomic mass is 35.5. The second kappa shape index (κ2) is 38.1. The summed E-state index contributed by atoms with van der Waals surface area (Å²) < 4.78 is 59.6. The summed E-state index contributed by atoms with van der Waals surface area (Å²) in [5.41, 5.74) is 14.6. The van der Waals surface area contributed by atoms with Gasteiger partial charge in [-0.15, -0.1) is 10.1 Å². The lowest BCUT2D eigenvalue weighted by Crippen LogP contribution is -2.39. The third-order valence-electron chi connectivity index (χ3n) is 22.2. The van der Waals surface area contributed by atoms with Gasteiger partial charge in [0, 0.05) is 44.4 Å². The van der Waals surface area contributed by atoms with E-state index in [1.54, 1.807) is 30.5 Å². The Kier molecular flexibility index (Phi) is 30.0. The van der Waals surface area contributed by atoms with Crippen LogP contribution in [0, 0.1) is 10.1 Å². The number of hydrogen-bond donors (Lipinski definition) is 11. The fourth-order valence-corrected chi connectivity index (χ4v) is 22.0. The minimum atomic E-state index is -1.61. The van der Waals surface area contributed by atoms with Gasteiger partial charge in [-0.25, -0.2) is 44.9 Å². The van der Waals surface area contributed by atoms with Crippen molar-refractivity contribution in [1.82, 2.24) is 58.6 Å². The maximum Gasteiger partial charge on any atom is 0.294 e. The molecule has 36 nitrogen and oxygen atoms in total. The lowest BCUT2D eigenvalue weighted by Gasteiger charge is -2.31. The van der Waals surface area contributed by atoms with Crippen molar-refractivity contribution in [3.63, 3.8) is 0 Å². The van der Waals surface area contributed by atoms with Crippen LogP contribution in [0.15, 0.2) is 38.0 Å². The van der Waals surface area contributed by atoms with Gasteiger partial charge in [0.1, 0.15) is 86.0 Å². The molecule has 612 valence electrons. The van der Waals surface area contributed by atoms with Crippen molar-refractivity contribution in [2.75, 3.05) is 37.1 Å². The molecule has 15 rings (SSSR count). The van der Waals surface area contributed by atoms with E-state index in [9.17, 15) is 35.6 Å². The zero-order valence-corrected chi connectivity index (χ0v) is 67.2. The second-order valence-electron chi connectivity index (χ2n) is 30.3. The van der Waals surface area contributed by atoms with E-state index in [0.717, 1.165) is 63.6 Å². The molecule has 5 aliphatic heterocycles. The number of nitrogens with zero attached hydrogens (tertiary/aromatic N) is 13. The lowest BCUT2D eigenvalue weighted by molar-refractivity contribution is -0.759. The van der Waals surface area contributed by atoms with Crippen LogP contribution >= 0.6 is 11.6 Å². The predicted molar refractivity (Wildman–Crippen MR) is 407 cm³/mol. The molecule has 9 aliphatic rings. The average Bonchev–Trinajstić information content (AvgIpc) is 1.60. The summed E-state index contributed by atoms with van der Waals surface area (Å²) in [5.74, 6) is -0.253. The van der Waals surface area contributed by atoms with Crippen LogP contribution in [-0.2, 0) is 46.8 Å². The zero-order chi connectivity index (χ0) is 78.7. The Labute approximate surface area is 643 Å². The van der Waals surface area contributed by atoms with Crippen molar-refractivity contribution in [3.05, 3.63) is 53.2 Å². The fraction of sp³-hybridized carbons (Fsp3) is 0.786. The van der Waals surface area contributed by atoms with Gasteiger partial charge < -0.3 is 105 Å². The molecule has 6 aromatic heterocycles. The molecule has 0 bridgehead atoms. The Morgan fingerprint density at radius 1 is 0.532 bits per heavy atom. The van der Waals surface area contributed by atoms with Crippen molar-refractivity contribution in [2.24, 2.45) is 11.5 Å². The number of ether oxygens (including phenoxy) is 7. The normalized spacial score (nSPS) is 32.0. The van der Waals surface area contributed by atoms with E-state index in [2.05, 4.69) is 102 Å². The van der Waals surface area contributed by atoms with Gasteiger partial charge >= 0.3 is 0 Å². The van der Waals surface area contributed by atoms with Crippen LogP contribution in [0.1, 0.15) is 173 Å². The number of aliphatic hydroxyl groups excluding tert-OH is 7. The molecular weight excluding hydrogens is 1470 g/mol. The van der Waals surface area contributed by atoms with E-state index in [1.165, 1.54) is 66.2 Å². The number of nitrogens with one attached hydrogen (secondary N) is 2. The van der Waals surface area contributed by atoms with Crippen LogP contribution in [0.3, 0.4) is 0 Å². The van der Waals surface area contributed by atoms with Crippen molar-refractivity contribution in [2.45, 2.75) is 323 Å². The van der Waals surface area contributed by atoms with Crippen molar-refractivity contribution >= 4 is 73.4 Å². The van der Waals surface area contributed by atoms with E-state index >= 15 is 0 Å². The zero-order valence-electron chi connectivity index (χ0n) is 64.4. The average molecular weight is 1590 g/mol. The lowest BCUT2D eigenvalue weighted by atomic mass is 10.1. The SMILES string of the molecule is CC1(C)OC2C(CO)OC(n3cnc4c(Cl)ncnc43)C2O1.CCO.CC[Si](CC)(CC)OC1CCC(N)C1.CC[Si](CC)(CC)OC1CCC(Nc2ncnc3c2ncn3C2OC(CO)C3OC(C)(C)OC32)C1.NC1CCC(O)C1.O=[N+]([O-])OCC1OC(n2cnc3c(NC4CCC(O)C4)ncnc32)C(O)C1O.[2HH]. The molecular formula is C70H118ClN17O19Si2. The van der Waals surface area contributed by atoms with Gasteiger partial charge in [0.25, 0.3) is 5.09 Å². The van der Waals surface area contributed by atoms with E-state index < -0.39 is 89.1 Å². The first-order valence-electron chi connectivity index (χ1n) is 38.7. The van der Waals surface area contributed by atoms with Crippen LogP contribution in [0.5, 0.6) is 0 Å². The highest BCUT2D eigenvalue weighted by Crippen LogP contribution is 2.46. The number of fused-ring (bicyclic) bond motifs is 5. The number of aromatic nitrogens is 12. The molecule has 9 fully saturated rings. The summed E-state index contributed by atoms with van der Waals surface area (Å²) in [7, 11) is -2.98. The minimum Gasteiger partial charge on any atom is -0.414 e. The second-order valence-corrected chi connectivity index (χ2v) is 40.1. The Balaban J connectivity index is 0.000000167. The largest absolute Gasteiger partial charge is 0.414 e. The van der Waals surface area contributed by atoms with Crippen LogP contribution in [-0.4, -0.2) is 258 Å². The topological polar surface area (TPSA) is 484 Å². The first-order valence-corrected chi connectivity index (χ1v) is 44.1. The maximum absolute atomic E-state index is 10.4. The molecule has 6 aromatic rings. The monoisotopic (exact) mass is 1590 g/mol. The molecule has 0 amide bonds. The summed E-state index contributed by atoms with van der Waals surface area (Å²) in [5, 5.41) is 82.3. The quantitative estimate of drug-likeness (QED) is 0.0150. The first kappa shape index (κ1) is 85.9. The van der Waals surface area contributed by atoms with Crippen molar-refractivity contribution in [3.8, 4) is 0 Å². The van der Waals surface area contributed by atoms with Crippen LogP contribution in [0.2, 0.25) is 41.4 Å². The molecule has 39 heteroatoms. The Bertz CT molecular complexity index is 3830. The third-order valence-corrected chi connectivity index (χ3v) is 31.9. The molecule has 0 spiro atoms. The molecule has 0 aromatic carbocycles. The molecule has 4 aliphatic carbocycles. The summed E-state index contributed by atoms with van der Waals surface area (Å²) >= 11 is 6.03. The summed E-state index contributed by atoms with van der Waals surface area (Å²) in [6, 6.07) is 8.32. The molecule has 20 atom stereocenters. The summed E-state index contributed by atoms with van der Waals surface area (Å²) in [6.07, 6.45) is 12.5. The number of anilines is 2. The van der Waals surface area contributed by atoms with Crippen LogP contribution in [0.4, 0.5) is 11.6 Å². The highest BCUT2D eigenvalue weighted by molar-refractivity contribution is 6.74. The Morgan fingerprint density at radius 2 is 0.927 bits per heavy atom. The number of nitrogens with two attached hydrogens (primary N) is 2. The molecule has 13 N–H and O–H groups in total. The highest BCUT2D eigenvalue weighted by Gasteiger charge is 2.58. The Hall–Kier alpha value is -5.55. The fourth-order valence-electron chi connectivity index (χ4n) is 16.0. The van der Waals surface area contributed by atoms with E-state index in [0.29, 0.717) is 76.4 Å². The molecule has 11 heterocycles. The van der Waals surface area contributed by atoms with Gasteiger partial charge in [-0.05, 0) is 148 Å². The van der Waals surface area contributed by atoms with Crippen molar-refractivity contribution < 1.29 is 89.1 Å². The molecule has 20 unspecified atom stereocenters. The maximum atomic E-state index is 10.4. The van der Waals surface area contributed by atoms with E-state index in [1.807, 2.05) is 32.3 Å². The van der Waals surface area contributed by atoms with Gasteiger partial charge in [0.2, 0.25) is 0 Å². The standard InChI is InChI=1S/C24H39N5O5Si.C15H20N6O7.C13H15ClN4O4.C11H25NOSi.C5H11NO.C2H6O.H2/c1-6-35(7-2,8-3)34-16-10-9-15(11-16)28-21-18-22(26-13-25-21)29(14-27-18)23-20-19(17(12-30)31-23)32-24(4,5)33-20;22-8-2-1-7(3-8)19-13-10-14(17-5-16-13)20(6-18-10)15-12(24)11(23)9(28-15)4-27-21(25)26;1-13(2)21-8-6(3-19)20-12(9(8)22-13)18-5-17-7-10(14)15-4-16-11(7)18;1-4-14(5-2,6-3)13-11-8-7-10(12)9-11;6-4-1-2-5(7)3-4;1-2-3;/h13-17,19-20,23,30H,6-12H2,1-5H3,(H,25,26,28);5-9,11-12,15,22-24H,1-4H2,(H,16,17,19);4-6,8-9,12,19H,3H2,1-2H3;10-11H,4-9,12H2,1-3H3;4-5,7H,1-3,6H2;3H,2H2,1H3;1H/i;;;;;;1+1. The molecule has 109 heavy (non-hydrogen) atoms. The molecule has 5 saturated heterocycles.